The van der Waals surface area contributed by atoms with Gasteiger partial charge in [-0.25, -0.2) is 0 Å². The fourth-order valence-electron chi connectivity index (χ4n) is 2.44. The van der Waals surface area contributed by atoms with Crippen LogP contribution in [0.5, 0.6) is 0 Å². The van der Waals surface area contributed by atoms with Crippen molar-refractivity contribution in [3.05, 3.63) is 0 Å². The maximum absolute atomic E-state index is 10.8. The number of unbranched alkanes of at least 4 members (excludes halogenated alkanes) is 1. The highest BCUT2D eigenvalue weighted by Crippen LogP contribution is 2.17. The third-order valence-corrected chi connectivity index (χ3v) is 3.26. The van der Waals surface area contributed by atoms with Gasteiger partial charge in [0.25, 0.3) is 0 Å². The summed E-state index contributed by atoms with van der Waals surface area (Å²) in [7, 11) is 1.78. The first-order chi connectivity index (χ1) is 7.72. The van der Waals surface area contributed by atoms with Crippen molar-refractivity contribution in [3.8, 4) is 0 Å². The highest BCUT2D eigenvalue weighted by Gasteiger charge is 2.18. The van der Waals surface area contributed by atoms with Gasteiger partial charge in [-0.05, 0) is 51.6 Å². The molecule has 1 atom stereocenters. The first kappa shape index (κ1) is 13.7. The fourth-order valence-corrected chi connectivity index (χ4v) is 2.44. The molecule has 0 bridgehead atoms. The Kier molecular flexibility index (Phi) is 6.65. The van der Waals surface area contributed by atoms with Crippen LogP contribution in [0.15, 0.2) is 0 Å². The number of piperidine rings is 1. The van der Waals surface area contributed by atoms with E-state index in [1.165, 1.54) is 25.9 Å². The van der Waals surface area contributed by atoms with Crippen LogP contribution in [0.25, 0.3) is 0 Å². The Morgan fingerprint density at radius 3 is 2.94 bits per heavy atom. The molecule has 1 saturated heterocycles. The number of carbonyl (C=O) groups is 1. The minimum Gasteiger partial charge on any atom is -0.384 e. The van der Waals surface area contributed by atoms with Crippen LogP contribution in [0.4, 0.5) is 0 Å². The quantitative estimate of drug-likeness (QED) is 0.624. The summed E-state index contributed by atoms with van der Waals surface area (Å²) in [6, 6.07) is 0. The molecular weight excluding hydrogens is 202 g/mol. The fraction of sp³-hybridized carbons (Fsp3) is 0.923. The molecule has 1 rings (SSSR count). The summed E-state index contributed by atoms with van der Waals surface area (Å²) in [6.07, 6.45) is 5.54. The molecule has 94 valence electrons. The molecule has 0 radical (unpaired) electrons. The predicted molar refractivity (Wildman–Crippen MR) is 65.6 cm³/mol. The number of methoxy groups -OCH3 is 1. The number of hydrogen-bond acceptors (Lipinski definition) is 3. The minimum absolute atomic E-state index is 0.316. The standard InChI is InChI=1S/C13H25NO2/c1-12(15)6-3-4-8-14-9-5-7-13(10-14)11-16-2/h13H,3-11H2,1-2H3. The Hall–Kier alpha value is -0.410. The average Bonchev–Trinajstić information content (AvgIpc) is 2.25. The lowest BCUT2D eigenvalue weighted by Gasteiger charge is -2.32. The van der Waals surface area contributed by atoms with Crippen molar-refractivity contribution in [2.75, 3.05) is 33.4 Å². The number of hydrogen-bond donors (Lipinski definition) is 0. The van der Waals surface area contributed by atoms with Crippen molar-refractivity contribution in [1.29, 1.82) is 0 Å². The summed E-state index contributed by atoms with van der Waals surface area (Å²) in [5.41, 5.74) is 0. The van der Waals surface area contributed by atoms with Crippen LogP contribution < -0.4 is 0 Å². The first-order valence-corrected chi connectivity index (χ1v) is 6.43. The molecule has 0 amide bonds. The molecule has 0 aromatic carbocycles. The van der Waals surface area contributed by atoms with Crippen molar-refractivity contribution < 1.29 is 9.53 Å². The third-order valence-electron chi connectivity index (χ3n) is 3.26. The zero-order valence-electron chi connectivity index (χ0n) is 10.7. The second-order valence-corrected chi connectivity index (χ2v) is 4.92. The molecule has 0 spiro atoms. The molecule has 1 unspecified atom stereocenters. The molecule has 0 saturated carbocycles. The van der Waals surface area contributed by atoms with Gasteiger partial charge in [-0.15, -0.1) is 0 Å². The lowest BCUT2D eigenvalue weighted by Crippen LogP contribution is -2.37. The van der Waals surface area contributed by atoms with Gasteiger partial charge in [-0.3, -0.25) is 0 Å². The lowest BCUT2D eigenvalue weighted by atomic mass is 9.98. The second-order valence-electron chi connectivity index (χ2n) is 4.92. The van der Waals surface area contributed by atoms with Gasteiger partial charge in [0.15, 0.2) is 0 Å². The molecule has 1 aliphatic heterocycles. The monoisotopic (exact) mass is 227 g/mol. The van der Waals surface area contributed by atoms with E-state index in [0.717, 1.165) is 32.4 Å². The highest BCUT2D eigenvalue weighted by molar-refractivity contribution is 5.75. The van der Waals surface area contributed by atoms with Crippen LogP contribution in [0.3, 0.4) is 0 Å². The van der Waals surface area contributed by atoms with Crippen molar-refractivity contribution in [3.63, 3.8) is 0 Å². The van der Waals surface area contributed by atoms with Crippen LogP contribution in [0.1, 0.15) is 39.0 Å². The van der Waals surface area contributed by atoms with Crippen molar-refractivity contribution in [1.82, 2.24) is 4.90 Å². The molecule has 3 nitrogen and oxygen atoms in total. The van der Waals surface area contributed by atoms with E-state index in [1.807, 2.05) is 0 Å². The number of ether oxygens (including phenoxy) is 1. The molecular formula is C13H25NO2. The van der Waals surface area contributed by atoms with Gasteiger partial charge in [-0.2, -0.15) is 0 Å². The Bertz CT molecular complexity index is 204. The highest BCUT2D eigenvalue weighted by atomic mass is 16.5. The molecule has 0 aromatic heterocycles. The predicted octanol–water partition coefficient (Wildman–Crippen LogP) is 2.10. The zero-order valence-corrected chi connectivity index (χ0v) is 10.7. The van der Waals surface area contributed by atoms with E-state index in [0.29, 0.717) is 11.7 Å². The van der Waals surface area contributed by atoms with Gasteiger partial charge in [0.2, 0.25) is 0 Å². The van der Waals surface area contributed by atoms with Gasteiger partial charge < -0.3 is 14.4 Å². The number of carbonyl (C=O) groups excluding carboxylic acids is 1. The summed E-state index contributed by atoms with van der Waals surface area (Å²) >= 11 is 0. The largest absolute Gasteiger partial charge is 0.384 e. The van der Waals surface area contributed by atoms with E-state index < -0.39 is 0 Å². The Balaban J connectivity index is 2.09. The number of nitrogens with zero attached hydrogens (tertiary/aromatic N) is 1. The molecule has 0 aliphatic carbocycles. The molecule has 0 aromatic rings. The van der Waals surface area contributed by atoms with Crippen molar-refractivity contribution in [2.45, 2.75) is 39.0 Å². The maximum atomic E-state index is 10.8. The number of rotatable bonds is 7. The summed E-state index contributed by atoms with van der Waals surface area (Å²) in [5.74, 6) is 1.03. The van der Waals surface area contributed by atoms with Crippen LogP contribution in [0.2, 0.25) is 0 Å². The van der Waals surface area contributed by atoms with E-state index in [-0.39, 0.29) is 0 Å². The summed E-state index contributed by atoms with van der Waals surface area (Å²) in [5, 5.41) is 0. The van der Waals surface area contributed by atoms with Gasteiger partial charge in [-0.1, -0.05) is 0 Å². The van der Waals surface area contributed by atoms with Crippen molar-refractivity contribution >= 4 is 5.78 Å². The molecule has 16 heavy (non-hydrogen) atoms. The van der Waals surface area contributed by atoms with E-state index in [1.54, 1.807) is 14.0 Å². The normalized spacial score (nSPS) is 22.2. The Morgan fingerprint density at radius 2 is 2.25 bits per heavy atom. The van der Waals surface area contributed by atoms with Crippen LogP contribution >= 0.6 is 0 Å². The summed E-state index contributed by atoms with van der Waals surface area (Å²) < 4.78 is 5.22. The van der Waals surface area contributed by atoms with Crippen LogP contribution in [-0.4, -0.2) is 44.0 Å². The van der Waals surface area contributed by atoms with E-state index in [9.17, 15) is 4.79 Å². The van der Waals surface area contributed by atoms with Gasteiger partial charge >= 0.3 is 0 Å². The molecule has 1 aliphatic rings. The molecule has 1 fully saturated rings. The Labute approximate surface area is 99.1 Å². The Morgan fingerprint density at radius 1 is 1.44 bits per heavy atom. The minimum atomic E-state index is 0.316. The van der Waals surface area contributed by atoms with Crippen LogP contribution in [0, 0.1) is 5.92 Å². The number of Topliss-reactive ketones (excluding diaryl/α,β-unsaturated/α-hetero) is 1. The van der Waals surface area contributed by atoms with E-state index in [4.69, 9.17) is 4.74 Å². The number of ketones is 1. The van der Waals surface area contributed by atoms with E-state index in [2.05, 4.69) is 4.90 Å². The van der Waals surface area contributed by atoms with E-state index >= 15 is 0 Å². The van der Waals surface area contributed by atoms with Gasteiger partial charge in [0.05, 0.1) is 6.61 Å². The smallest absolute Gasteiger partial charge is 0.129 e. The van der Waals surface area contributed by atoms with Gasteiger partial charge in [0, 0.05) is 20.1 Å². The van der Waals surface area contributed by atoms with Crippen molar-refractivity contribution in [2.24, 2.45) is 5.92 Å². The number of likely N-dealkylation sites (tertiary alicyclic amines) is 1. The summed E-state index contributed by atoms with van der Waals surface area (Å²) in [4.78, 5) is 13.3. The topological polar surface area (TPSA) is 29.5 Å². The molecule has 1 heterocycles. The lowest BCUT2D eigenvalue weighted by molar-refractivity contribution is -0.117. The summed E-state index contributed by atoms with van der Waals surface area (Å²) in [6.45, 7) is 6.11. The molecule has 0 N–H and O–H groups in total. The average molecular weight is 227 g/mol. The van der Waals surface area contributed by atoms with Crippen LogP contribution in [-0.2, 0) is 9.53 Å². The second kappa shape index (κ2) is 7.80. The SMILES string of the molecule is COCC1CCCN(CCCCC(C)=O)C1. The maximum Gasteiger partial charge on any atom is 0.129 e. The first-order valence-electron chi connectivity index (χ1n) is 6.43. The van der Waals surface area contributed by atoms with Gasteiger partial charge in [0.1, 0.15) is 5.78 Å². The molecule has 3 heteroatoms. The third kappa shape index (κ3) is 5.61. The zero-order chi connectivity index (χ0) is 11.8.